The van der Waals surface area contributed by atoms with E-state index in [9.17, 15) is 24.3 Å². The van der Waals surface area contributed by atoms with Gasteiger partial charge in [0, 0.05) is 61.6 Å². The van der Waals surface area contributed by atoms with Crippen LogP contribution in [0.4, 0.5) is 21.6 Å². The topological polar surface area (TPSA) is 133 Å². The minimum atomic E-state index is -1.34. The molecule has 1 aliphatic heterocycles. The molecule has 3 heterocycles. The third kappa shape index (κ3) is 7.32. The molecule has 0 saturated carbocycles. The van der Waals surface area contributed by atoms with Crippen molar-refractivity contribution in [1.29, 1.82) is 0 Å². The van der Waals surface area contributed by atoms with Gasteiger partial charge in [-0.1, -0.05) is 13.0 Å². The number of aromatic nitrogens is 3. The highest BCUT2D eigenvalue weighted by Gasteiger charge is 2.25. The van der Waals surface area contributed by atoms with Gasteiger partial charge in [-0.05, 0) is 88.9 Å². The van der Waals surface area contributed by atoms with Crippen LogP contribution in [0.2, 0.25) is 0 Å². The molecule has 12 heteroatoms. The van der Waals surface area contributed by atoms with Crippen molar-refractivity contribution in [2.75, 3.05) is 42.9 Å². The standard InChI is InChI=1S/C35H43FN6O5/c1-6-23-17-24(10-9-22(23)2)37-30-20-31(43)41(34(47)38-30)12-8-7-11-39-13-15-40(16-14-39)29-19-28-25(18-27(29)36)32(44)26(33(45)46)21-42(28)35(3,4)5/h9-10,17-21,37H,6-8,11-16H2,1-5H3,(H,38,47)(H,45,46). The third-order valence-corrected chi connectivity index (χ3v) is 8.87. The predicted molar refractivity (Wildman–Crippen MR) is 183 cm³/mol. The lowest BCUT2D eigenvalue weighted by molar-refractivity contribution is 0.0694. The molecule has 0 radical (unpaired) electrons. The minimum Gasteiger partial charge on any atom is -0.477 e. The molecule has 3 N–H and O–H groups in total. The average molecular weight is 647 g/mol. The Morgan fingerprint density at radius 2 is 1.70 bits per heavy atom. The number of rotatable bonds is 10. The van der Waals surface area contributed by atoms with Crippen molar-refractivity contribution >= 4 is 34.1 Å². The molecule has 1 saturated heterocycles. The Morgan fingerprint density at radius 1 is 1.00 bits per heavy atom. The highest BCUT2D eigenvalue weighted by Crippen LogP contribution is 2.29. The lowest BCUT2D eigenvalue weighted by Crippen LogP contribution is -2.47. The molecule has 0 atom stereocenters. The number of benzene rings is 2. The van der Waals surface area contributed by atoms with E-state index in [1.165, 1.54) is 28.0 Å². The zero-order valence-electron chi connectivity index (χ0n) is 27.7. The second-order valence-electron chi connectivity index (χ2n) is 13.2. The molecule has 0 bridgehead atoms. The molecular weight excluding hydrogens is 603 g/mol. The first-order chi connectivity index (χ1) is 22.3. The van der Waals surface area contributed by atoms with Gasteiger partial charge in [0.15, 0.2) is 0 Å². The summed E-state index contributed by atoms with van der Waals surface area (Å²) in [5, 5.41) is 12.7. The number of aromatic amines is 1. The summed E-state index contributed by atoms with van der Waals surface area (Å²) in [4.78, 5) is 57.1. The smallest absolute Gasteiger partial charge is 0.341 e. The van der Waals surface area contributed by atoms with Gasteiger partial charge in [-0.2, -0.15) is 0 Å². The number of carbonyl (C=O) groups is 1. The van der Waals surface area contributed by atoms with E-state index in [4.69, 9.17) is 0 Å². The first-order valence-electron chi connectivity index (χ1n) is 16.1. The number of hydrogen-bond donors (Lipinski definition) is 3. The number of aryl methyl sites for hydroxylation is 2. The lowest BCUT2D eigenvalue weighted by Gasteiger charge is -2.36. The second kappa shape index (κ2) is 13.6. The highest BCUT2D eigenvalue weighted by molar-refractivity contribution is 5.93. The van der Waals surface area contributed by atoms with Gasteiger partial charge in [-0.15, -0.1) is 0 Å². The van der Waals surface area contributed by atoms with Gasteiger partial charge in [0.05, 0.1) is 11.2 Å². The fourth-order valence-corrected chi connectivity index (χ4v) is 6.19. The van der Waals surface area contributed by atoms with Crippen molar-refractivity contribution in [2.45, 2.75) is 66.0 Å². The molecular formula is C35H43FN6O5. The number of unbranched alkanes of at least 4 members (excludes halogenated alkanes) is 1. The number of fused-ring (bicyclic) bond motifs is 1. The summed E-state index contributed by atoms with van der Waals surface area (Å²) in [6.45, 7) is 13.4. The van der Waals surface area contributed by atoms with Crippen LogP contribution in [-0.2, 0) is 18.5 Å². The largest absolute Gasteiger partial charge is 0.477 e. The van der Waals surface area contributed by atoms with Crippen LogP contribution in [0.5, 0.6) is 0 Å². The number of halogens is 1. The van der Waals surface area contributed by atoms with E-state index in [1.807, 2.05) is 50.8 Å². The molecule has 0 amide bonds. The number of anilines is 3. The van der Waals surface area contributed by atoms with E-state index in [2.05, 4.69) is 22.1 Å². The molecule has 47 heavy (non-hydrogen) atoms. The van der Waals surface area contributed by atoms with Crippen LogP contribution in [0.15, 0.2) is 57.0 Å². The predicted octanol–water partition coefficient (Wildman–Crippen LogP) is 4.66. The summed E-state index contributed by atoms with van der Waals surface area (Å²) in [6, 6.07) is 10.2. The number of piperazine rings is 1. The second-order valence-corrected chi connectivity index (χ2v) is 13.2. The molecule has 2 aromatic carbocycles. The quantitative estimate of drug-likeness (QED) is 0.212. The van der Waals surface area contributed by atoms with E-state index < -0.39 is 28.4 Å². The molecule has 5 rings (SSSR count). The molecule has 1 fully saturated rings. The Kier molecular flexibility index (Phi) is 9.71. The van der Waals surface area contributed by atoms with Gasteiger partial charge >= 0.3 is 11.7 Å². The number of carboxylic acids is 1. The Hall–Kier alpha value is -4.71. The van der Waals surface area contributed by atoms with Crippen LogP contribution in [0, 0.1) is 12.7 Å². The van der Waals surface area contributed by atoms with Crippen molar-refractivity contribution in [3.63, 3.8) is 0 Å². The monoisotopic (exact) mass is 646 g/mol. The number of nitrogens with zero attached hydrogens (tertiary/aromatic N) is 4. The first kappa shape index (κ1) is 33.6. The number of hydrogen-bond acceptors (Lipinski definition) is 7. The molecule has 11 nitrogen and oxygen atoms in total. The highest BCUT2D eigenvalue weighted by atomic mass is 19.1. The minimum absolute atomic E-state index is 0.0420. The van der Waals surface area contributed by atoms with E-state index in [0.29, 0.717) is 56.2 Å². The SMILES string of the molecule is CCc1cc(Nc2cc(=O)n(CCCCN3CCN(c4cc5c(cc4F)c(=O)c(C(=O)O)cn5C(C)(C)C)CC3)c(=O)[nH]2)ccc1C. The van der Waals surface area contributed by atoms with Gasteiger partial charge in [0.1, 0.15) is 17.2 Å². The van der Waals surface area contributed by atoms with Crippen LogP contribution >= 0.6 is 0 Å². The summed E-state index contributed by atoms with van der Waals surface area (Å²) in [5.74, 6) is -1.55. The Bertz CT molecular complexity index is 1950. The van der Waals surface area contributed by atoms with Gasteiger partial charge < -0.3 is 19.9 Å². The Labute approximate surface area is 272 Å². The maximum absolute atomic E-state index is 15.4. The number of aromatic carboxylic acids is 1. The number of carboxylic acid groups (broad SMARTS) is 1. The maximum Gasteiger partial charge on any atom is 0.341 e. The lowest BCUT2D eigenvalue weighted by atomic mass is 10.0. The molecule has 1 aliphatic rings. The van der Waals surface area contributed by atoms with Crippen LogP contribution in [0.1, 0.15) is 62.0 Å². The maximum atomic E-state index is 15.4. The Morgan fingerprint density at radius 3 is 2.34 bits per heavy atom. The zero-order chi connectivity index (χ0) is 34.0. The summed E-state index contributed by atoms with van der Waals surface area (Å²) >= 11 is 0. The molecule has 250 valence electrons. The molecule has 0 unspecified atom stereocenters. The summed E-state index contributed by atoms with van der Waals surface area (Å²) in [6.07, 6.45) is 3.66. The van der Waals surface area contributed by atoms with Crippen molar-refractivity contribution in [2.24, 2.45) is 0 Å². The molecule has 0 spiro atoms. The van der Waals surface area contributed by atoms with Crippen LogP contribution in [0.3, 0.4) is 0 Å². The summed E-state index contributed by atoms with van der Waals surface area (Å²) in [7, 11) is 0. The fourth-order valence-electron chi connectivity index (χ4n) is 6.19. The van der Waals surface area contributed by atoms with E-state index in [1.54, 1.807) is 10.6 Å². The van der Waals surface area contributed by atoms with Crippen LogP contribution in [0.25, 0.3) is 10.9 Å². The van der Waals surface area contributed by atoms with Crippen molar-refractivity contribution in [3.05, 3.63) is 96.2 Å². The number of H-pyrrole nitrogens is 1. The van der Waals surface area contributed by atoms with Gasteiger partial charge in [-0.3, -0.25) is 24.0 Å². The van der Waals surface area contributed by atoms with Crippen LogP contribution < -0.4 is 26.9 Å². The molecule has 0 aliphatic carbocycles. The van der Waals surface area contributed by atoms with Gasteiger partial charge in [0.2, 0.25) is 5.43 Å². The Balaban J connectivity index is 1.18. The average Bonchev–Trinajstić information content (AvgIpc) is 3.01. The third-order valence-electron chi connectivity index (χ3n) is 8.87. The number of pyridine rings is 1. The summed E-state index contributed by atoms with van der Waals surface area (Å²) in [5.41, 5.74) is 1.61. The first-order valence-corrected chi connectivity index (χ1v) is 16.1. The van der Waals surface area contributed by atoms with Crippen molar-refractivity contribution in [3.8, 4) is 0 Å². The van der Waals surface area contributed by atoms with E-state index >= 15 is 4.39 Å². The van der Waals surface area contributed by atoms with E-state index in [-0.39, 0.29) is 16.5 Å². The fraction of sp³-hybridized carbons (Fsp3) is 0.429. The van der Waals surface area contributed by atoms with Gasteiger partial charge in [-0.25, -0.2) is 14.0 Å². The van der Waals surface area contributed by atoms with Crippen LogP contribution in [-0.4, -0.2) is 62.8 Å². The van der Waals surface area contributed by atoms with Crippen molar-refractivity contribution in [1.82, 2.24) is 19.0 Å². The summed E-state index contributed by atoms with van der Waals surface area (Å²) < 4.78 is 18.3. The molecule has 4 aromatic rings. The number of nitrogens with one attached hydrogen (secondary N) is 2. The van der Waals surface area contributed by atoms with E-state index in [0.717, 1.165) is 31.1 Å². The normalized spacial score (nSPS) is 14.1. The molecule has 2 aromatic heterocycles. The zero-order valence-corrected chi connectivity index (χ0v) is 27.7. The van der Waals surface area contributed by atoms with Crippen molar-refractivity contribution < 1.29 is 14.3 Å². The van der Waals surface area contributed by atoms with Gasteiger partial charge in [0.25, 0.3) is 5.56 Å².